The number of anilines is 1. The summed E-state index contributed by atoms with van der Waals surface area (Å²) in [5.74, 6) is -1.53. The summed E-state index contributed by atoms with van der Waals surface area (Å²) in [7, 11) is 0. The Kier molecular flexibility index (Phi) is 4.35. The first-order valence-electron chi connectivity index (χ1n) is 5.45. The third-order valence-corrected chi connectivity index (χ3v) is 2.82. The van der Waals surface area contributed by atoms with Crippen molar-refractivity contribution in [3.8, 4) is 0 Å². The number of pyridine rings is 1. The second-order valence-corrected chi connectivity index (χ2v) is 4.65. The van der Waals surface area contributed by atoms with Gasteiger partial charge in [-0.3, -0.25) is 14.9 Å². The summed E-state index contributed by atoms with van der Waals surface area (Å²) in [4.78, 5) is 25.6. The van der Waals surface area contributed by atoms with Gasteiger partial charge < -0.3 is 5.32 Å². The minimum absolute atomic E-state index is 0.00726. The maximum Gasteiger partial charge on any atom is 0.271 e. The number of carbonyl (C=O) groups is 1. The van der Waals surface area contributed by atoms with Crippen molar-refractivity contribution in [2.45, 2.75) is 0 Å². The molecule has 0 saturated carbocycles. The Labute approximate surface area is 127 Å². The fraction of sp³-hybridized carbons (Fsp3) is 0. The van der Waals surface area contributed by atoms with E-state index in [0.717, 1.165) is 18.2 Å². The van der Waals surface area contributed by atoms with Crippen molar-refractivity contribution in [1.29, 1.82) is 0 Å². The smallest absolute Gasteiger partial charge is 0.271 e. The Hall–Kier alpha value is -2.25. The standard InChI is InChI=1S/C12H6Cl2FN3O3/c13-10-3-6(4-11(14)17-10)12(19)16-9-5-7(18(20)21)1-2-8(9)15/h1-5H,(H,16,19). The summed E-state index contributed by atoms with van der Waals surface area (Å²) >= 11 is 11.3. The molecule has 1 N–H and O–H groups in total. The molecule has 0 spiro atoms. The van der Waals surface area contributed by atoms with Gasteiger partial charge in [0.1, 0.15) is 16.1 Å². The molecule has 0 unspecified atom stereocenters. The number of carbonyl (C=O) groups excluding carboxylic acids is 1. The Morgan fingerprint density at radius 2 is 1.86 bits per heavy atom. The molecular weight excluding hydrogens is 324 g/mol. The molecule has 0 saturated heterocycles. The zero-order valence-corrected chi connectivity index (χ0v) is 11.7. The van der Waals surface area contributed by atoms with Crippen molar-refractivity contribution in [3.05, 3.63) is 62.1 Å². The molecule has 0 aliphatic heterocycles. The van der Waals surface area contributed by atoms with E-state index in [1.165, 1.54) is 12.1 Å². The van der Waals surface area contributed by atoms with E-state index in [-0.39, 0.29) is 27.2 Å². The molecule has 1 aromatic heterocycles. The number of nitrogens with one attached hydrogen (secondary N) is 1. The van der Waals surface area contributed by atoms with E-state index in [1.54, 1.807) is 0 Å². The van der Waals surface area contributed by atoms with Gasteiger partial charge in [-0.1, -0.05) is 23.2 Å². The van der Waals surface area contributed by atoms with Gasteiger partial charge >= 0.3 is 0 Å². The van der Waals surface area contributed by atoms with Gasteiger partial charge in [0.05, 0.1) is 10.6 Å². The zero-order chi connectivity index (χ0) is 15.6. The molecule has 0 aliphatic carbocycles. The third kappa shape index (κ3) is 3.65. The van der Waals surface area contributed by atoms with Gasteiger partial charge in [-0.2, -0.15) is 0 Å². The van der Waals surface area contributed by atoms with Crippen LogP contribution in [0.25, 0.3) is 0 Å². The first kappa shape index (κ1) is 15.1. The van der Waals surface area contributed by atoms with E-state index < -0.39 is 16.6 Å². The van der Waals surface area contributed by atoms with Crippen molar-refractivity contribution in [2.75, 3.05) is 5.32 Å². The number of aromatic nitrogens is 1. The van der Waals surface area contributed by atoms with E-state index in [9.17, 15) is 19.3 Å². The lowest BCUT2D eigenvalue weighted by Crippen LogP contribution is -2.13. The lowest BCUT2D eigenvalue weighted by atomic mass is 10.2. The van der Waals surface area contributed by atoms with E-state index in [1.807, 2.05) is 0 Å². The molecule has 2 aromatic rings. The van der Waals surface area contributed by atoms with Crippen LogP contribution in [0.15, 0.2) is 30.3 Å². The minimum atomic E-state index is -0.805. The Morgan fingerprint density at radius 1 is 1.24 bits per heavy atom. The van der Waals surface area contributed by atoms with Crippen molar-refractivity contribution < 1.29 is 14.1 Å². The summed E-state index contributed by atoms with van der Waals surface area (Å²) in [6.45, 7) is 0. The SMILES string of the molecule is O=C(Nc1cc([N+](=O)[O-])ccc1F)c1cc(Cl)nc(Cl)c1. The number of rotatable bonds is 3. The summed E-state index contributed by atoms with van der Waals surface area (Å²) in [6, 6.07) is 5.26. The number of hydrogen-bond acceptors (Lipinski definition) is 4. The van der Waals surface area contributed by atoms with Crippen molar-refractivity contribution in [2.24, 2.45) is 0 Å². The van der Waals surface area contributed by atoms with Gasteiger partial charge in [-0.25, -0.2) is 9.37 Å². The molecule has 1 aromatic carbocycles. The van der Waals surface area contributed by atoms with Crippen LogP contribution >= 0.6 is 23.2 Å². The molecule has 0 atom stereocenters. The molecule has 1 heterocycles. The number of nitro groups is 1. The topological polar surface area (TPSA) is 85.1 Å². The van der Waals surface area contributed by atoms with E-state index in [0.29, 0.717) is 0 Å². The Morgan fingerprint density at radius 3 is 2.43 bits per heavy atom. The minimum Gasteiger partial charge on any atom is -0.319 e. The van der Waals surface area contributed by atoms with Crippen molar-refractivity contribution in [3.63, 3.8) is 0 Å². The summed E-state index contributed by atoms with van der Waals surface area (Å²) < 4.78 is 13.6. The lowest BCUT2D eigenvalue weighted by molar-refractivity contribution is -0.384. The molecule has 2 rings (SSSR count). The van der Waals surface area contributed by atoms with E-state index >= 15 is 0 Å². The monoisotopic (exact) mass is 329 g/mol. The number of benzene rings is 1. The quantitative estimate of drug-likeness (QED) is 0.528. The van der Waals surface area contributed by atoms with Crippen LogP contribution in [-0.2, 0) is 0 Å². The van der Waals surface area contributed by atoms with E-state index in [2.05, 4.69) is 10.3 Å². The van der Waals surface area contributed by atoms with Crippen molar-refractivity contribution in [1.82, 2.24) is 4.98 Å². The molecule has 0 bridgehead atoms. The average Bonchev–Trinajstić information content (AvgIpc) is 2.39. The van der Waals surface area contributed by atoms with Crippen LogP contribution in [0.3, 0.4) is 0 Å². The first-order chi connectivity index (χ1) is 9.86. The van der Waals surface area contributed by atoms with Crippen LogP contribution in [0.1, 0.15) is 10.4 Å². The number of nitrogens with zero attached hydrogens (tertiary/aromatic N) is 2. The fourth-order valence-electron chi connectivity index (χ4n) is 1.51. The molecular formula is C12H6Cl2FN3O3. The van der Waals surface area contributed by atoms with Crippen LogP contribution in [-0.4, -0.2) is 15.8 Å². The second kappa shape index (κ2) is 6.02. The summed E-state index contributed by atoms with van der Waals surface area (Å²) in [6.07, 6.45) is 0. The van der Waals surface area contributed by atoms with Crippen LogP contribution in [0.4, 0.5) is 15.8 Å². The van der Waals surface area contributed by atoms with Gasteiger partial charge in [-0.05, 0) is 18.2 Å². The van der Waals surface area contributed by atoms with Crippen molar-refractivity contribution >= 4 is 40.5 Å². The van der Waals surface area contributed by atoms with Crippen LogP contribution in [0, 0.1) is 15.9 Å². The maximum atomic E-state index is 13.6. The third-order valence-electron chi connectivity index (χ3n) is 2.43. The summed E-state index contributed by atoms with van der Waals surface area (Å²) in [5, 5.41) is 12.8. The molecule has 6 nitrogen and oxygen atoms in total. The zero-order valence-electron chi connectivity index (χ0n) is 10.1. The van der Waals surface area contributed by atoms with Gasteiger partial charge in [0.25, 0.3) is 11.6 Å². The van der Waals surface area contributed by atoms with Crippen LogP contribution in [0.2, 0.25) is 10.3 Å². The largest absolute Gasteiger partial charge is 0.319 e. The van der Waals surface area contributed by atoms with Crippen LogP contribution < -0.4 is 5.32 Å². The maximum absolute atomic E-state index is 13.6. The number of hydrogen-bond donors (Lipinski definition) is 1. The molecule has 0 radical (unpaired) electrons. The normalized spacial score (nSPS) is 10.2. The molecule has 21 heavy (non-hydrogen) atoms. The van der Waals surface area contributed by atoms with Gasteiger partial charge in [0.2, 0.25) is 0 Å². The number of nitro benzene ring substituents is 1. The van der Waals surface area contributed by atoms with Crippen LogP contribution in [0.5, 0.6) is 0 Å². The van der Waals surface area contributed by atoms with Gasteiger partial charge in [0, 0.05) is 17.7 Å². The van der Waals surface area contributed by atoms with E-state index in [4.69, 9.17) is 23.2 Å². The van der Waals surface area contributed by atoms with Gasteiger partial charge in [0.15, 0.2) is 0 Å². The highest BCUT2D eigenvalue weighted by molar-refractivity contribution is 6.33. The van der Waals surface area contributed by atoms with Gasteiger partial charge in [-0.15, -0.1) is 0 Å². The predicted molar refractivity (Wildman–Crippen MR) is 75.3 cm³/mol. The molecule has 0 aliphatic rings. The molecule has 9 heteroatoms. The number of amides is 1. The highest BCUT2D eigenvalue weighted by atomic mass is 35.5. The molecule has 1 amide bonds. The fourth-order valence-corrected chi connectivity index (χ4v) is 1.97. The molecule has 108 valence electrons. The first-order valence-corrected chi connectivity index (χ1v) is 6.21. The second-order valence-electron chi connectivity index (χ2n) is 3.88. The number of non-ortho nitro benzene ring substituents is 1. The Bertz CT molecular complexity index is 719. The molecule has 0 fully saturated rings. The summed E-state index contributed by atoms with van der Waals surface area (Å²) in [5.41, 5.74) is -0.623. The predicted octanol–water partition coefficient (Wildman–Crippen LogP) is 3.69. The Balaban J connectivity index is 2.31. The highest BCUT2D eigenvalue weighted by Gasteiger charge is 2.15. The number of halogens is 3. The average molecular weight is 330 g/mol. The highest BCUT2D eigenvalue weighted by Crippen LogP contribution is 2.22. The lowest BCUT2D eigenvalue weighted by Gasteiger charge is -2.07.